The largest absolute Gasteiger partial charge is 0.463 e. The van der Waals surface area contributed by atoms with E-state index in [1.54, 1.807) is 19.3 Å². The van der Waals surface area contributed by atoms with Crippen molar-refractivity contribution in [2.24, 2.45) is 0 Å². The molecule has 0 bridgehead atoms. The number of ether oxygens (including phenoxy) is 1. The summed E-state index contributed by atoms with van der Waals surface area (Å²) < 4.78 is 6.90. The summed E-state index contributed by atoms with van der Waals surface area (Å²) in [6.07, 6.45) is 4.88. The lowest BCUT2D eigenvalue weighted by atomic mass is 10.2. The lowest BCUT2D eigenvalue weighted by Gasteiger charge is -2.05. The Morgan fingerprint density at radius 3 is 2.80 bits per heavy atom. The van der Waals surface area contributed by atoms with E-state index in [2.05, 4.69) is 21.7 Å². The SMILES string of the molecule is CCOC(=O)C=Cc1ncn(Cc2ccccc2)c1C. The zero-order chi connectivity index (χ0) is 14.4. The van der Waals surface area contributed by atoms with Crippen LogP contribution in [0.5, 0.6) is 0 Å². The van der Waals surface area contributed by atoms with Gasteiger partial charge in [0.15, 0.2) is 0 Å². The van der Waals surface area contributed by atoms with Crippen molar-refractivity contribution >= 4 is 12.0 Å². The Balaban J connectivity index is 2.09. The number of rotatable bonds is 5. The molecule has 1 aromatic carbocycles. The summed E-state index contributed by atoms with van der Waals surface area (Å²) in [5.74, 6) is -0.343. The van der Waals surface area contributed by atoms with Crippen molar-refractivity contribution in [3.8, 4) is 0 Å². The van der Waals surface area contributed by atoms with Gasteiger partial charge >= 0.3 is 5.97 Å². The van der Waals surface area contributed by atoms with Crippen molar-refractivity contribution in [2.75, 3.05) is 6.61 Å². The molecule has 0 saturated carbocycles. The maximum Gasteiger partial charge on any atom is 0.330 e. The predicted molar refractivity (Wildman–Crippen MR) is 78.2 cm³/mol. The molecular formula is C16H18N2O2. The maximum atomic E-state index is 11.3. The Morgan fingerprint density at radius 2 is 2.10 bits per heavy atom. The van der Waals surface area contributed by atoms with Crippen LogP contribution in [-0.4, -0.2) is 22.1 Å². The number of aromatic nitrogens is 2. The lowest BCUT2D eigenvalue weighted by Crippen LogP contribution is -2.01. The average Bonchev–Trinajstić information content (AvgIpc) is 2.79. The lowest BCUT2D eigenvalue weighted by molar-refractivity contribution is -0.137. The first-order valence-corrected chi connectivity index (χ1v) is 6.61. The van der Waals surface area contributed by atoms with Crippen molar-refractivity contribution in [1.82, 2.24) is 9.55 Å². The van der Waals surface area contributed by atoms with E-state index in [1.165, 1.54) is 11.6 Å². The summed E-state index contributed by atoms with van der Waals surface area (Å²) in [4.78, 5) is 15.6. The van der Waals surface area contributed by atoms with Crippen LogP contribution in [0.4, 0.5) is 0 Å². The molecule has 0 aliphatic carbocycles. The zero-order valence-corrected chi connectivity index (χ0v) is 11.7. The van der Waals surface area contributed by atoms with E-state index >= 15 is 0 Å². The van der Waals surface area contributed by atoms with Gasteiger partial charge in [-0.2, -0.15) is 0 Å². The highest BCUT2D eigenvalue weighted by Crippen LogP contribution is 2.11. The number of hydrogen-bond acceptors (Lipinski definition) is 3. The predicted octanol–water partition coefficient (Wildman–Crippen LogP) is 2.82. The first-order chi connectivity index (χ1) is 9.70. The summed E-state index contributed by atoms with van der Waals surface area (Å²) in [6, 6.07) is 10.2. The molecule has 1 aromatic heterocycles. The molecule has 4 nitrogen and oxygen atoms in total. The second-order valence-corrected chi connectivity index (χ2v) is 4.41. The molecule has 20 heavy (non-hydrogen) atoms. The van der Waals surface area contributed by atoms with E-state index in [-0.39, 0.29) is 5.97 Å². The first-order valence-electron chi connectivity index (χ1n) is 6.61. The molecule has 0 N–H and O–H groups in total. The maximum absolute atomic E-state index is 11.3. The van der Waals surface area contributed by atoms with Gasteiger partial charge in [-0.15, -0.1) is 0 Å². The number of hydrogen-bond donors (Lipinski definition) is 0. The molecule has 2 rings (SSSR count). The third-order valence-electron chi connectivity index (χ3n) is 3.00. The fourth-order valence-corrected chi connectivity index (χ4v) is 1.90. The van der Waals surface area contributed by atoms with Crippen LogP contribution in [0.25, 0.3) is 6.08 Å². The molecule has 0 amide bonds. The van der Waals surface area contributed by atoms with E-state index < -0.39 is 0 Å². The number of nitrogens with zero attached hydrogens (tertiary/aromatic N) is 2. The summed E-state index contributed by atoms with van der Waals surface area (Å²) in [5.41, 5.74) is 3.03. The Hall–Kier alpha value is -2.36. The van der Waals surface area contributed by atoms with E-state index in [0.717, 1.165) is 17.9 Å². The Kier molecular flexibility index (Phi) is 4.71. The number of esters is 1. The molecule has 0 fully saturated rings. The molecule has 0 aliphatic rings. The van der Waals surface area contributed by atoms with Crippen LogP contribution in [-0.2, 0) is 16.1 Å². The number of imidazole rings is 1. The van der Waals surface area contributed by atoms with Crippen LogP contribution in [0.2, 0.25) is 0 Å². The van der Waals surface area contributed by atoms with E-state index in [9.17, 15) is 4.79 Å². The van der Waals surface area contributed by atoms with Gasteiger partial charge in [0.1, 0.15) is 0 Å². The van der Waals surface area contributed by atoms with Gasteiger partial charge in [-0.1, -0.05) is 30.3 Å². The van der Waals surface area contributed by atoms with Crippen LogP contribution in [0.1, 0.15) is 23.9 Å². The summed E-state index contributed by atoms with van der Waals surface area (Å²) in [7, 11) is 0. The van der Waals surface area contributed by atoms with Gasteiger partial charge in [-0.05, 0) is 25.5 Å². The molecule has 1 heterocycles. The minimum absolute atomic E-state index is 0.343. The molecular weight excluding hydrogens is 252 g/mol. The van der Waals surface area contributed by atoms with Crippen LogP contribution in [0, 0.1) is 6.92 Å². The summed E-state index contributed by atoms with van der Waals surface area (Å²) in [6.45, 7) is 4.92. The molecule has 0 spiro atoms. The van der Waals surface area contributed by atoms with Crippen molar-refractivity contribution in [3.63, 3.8) is 0 Å². The number of carbonyl (C=O) groups is 1. The number of carbonyl (C=O) groups excluding carboxylic acids is 1. The second kappa shape index (κ2) is 6.70. The van der Waals surface area contributed by atoms with Gasteiger partial charge in [0.2, 0.25) is 0 Å². The van der Waals surface area contributed by atoms with Crippen molar-refractivity contribution in [2.45, 2.75) is 20.4 Å². The second-order valence-electron chi connectivity index (χ2n) is 4.41. The molecule has 104 valence electrons. The van der Waals surface area contributed by atoms with Gasteiger partial charge in [0, 0.05) is 18.3 Å². The van der Waals surface area contributed by atoms with Crippen LogP contribution < -0.4 is 0 Å². The van der Waals surface area contributed by atoms with E-state index in [4.69, 9.17) is 4.74 Å². The van der Waals surface area contributed by atoms with Gasteiger partial charge in [-0.3, -0.25) is 0 Å². The molecule has 0 aliphatic heterocycles. The molecule has 0 saturated heterocycles. The Bertz CT molecular complexity index is 600. The Morgan fingerprint density at radius 1 is 1.35 bits per heavy atom. The topological polar surface area (TPSA) is 44.1 Å². The van der Waals surface area contributed by atoms with Crippen molar-refractivity contribution < 1.29 is 9.53 Å². The third-order valence-corrected chi connectivity index (χ3v) is 3.00. The van der Waals surface area contributed by atoms with Crippen LogP contribution in [0.3, 0.4) is 0 Å². The average molecular weight is 270 g/mol. The van der Waals surface area contributed by atoms with E-state index in [0.29, 0.717) is 6.61 Å². The van der Waals surface area contributed by atoms with Crippen LogP contribution >= 0.6 is 0 Å². The normalized spacial score (nSPS) is 10.9. The third kappa shape index (κ3) is 3.57. The number of benzene rings is 1. The van der Waals surface area contributed by atoms with Gasteiger partial charge in [-0.25, -0.2) is 9.78 Å². The minimum Gasteiger partial charge on any atom is -0.463 e. The first kappa shape index (κ1) is 14.1. The smallest absolute Gasteiger partial charge is 0.330 e. The summed E-state index contributed by atoms with van der Waals surface area (Å²) >= 11 is 0. The fraction of sp³-hybridized carbons (Fsp3) is 0.250. The zero-order valence-electron chi connectivity index (χ0n) is 11.7. The van der Waals surface area contributed by atoms with Gasteiger partial charge in [0.25, 0.3) is 0 Å². The highest BCUT2D eigenvalue weighted by Gasteiger charge is 2.05. The minimum atomic E-state index is -0.343. The Labute approximate surface area is 118 Å². The molecule has 0 atom stereocenters. The fourth-order valence-electron chi connectivity index (χ4n) is 1.90. The highest BCUT2D eigenvalue weighted by molar-refractivity contribution is 5.86. The molecule has 0 unspecified atom stereocenters. The quantitative estimate of drug-likeness (QED) is 0.620. The van der Waals surface area contributed by atoms with Crippen LogP contribution in [0.15, 0.2) is 42.7 Å². The molecule has 0 radical (unpaired) electrons. The van der Waals surface area contributed by atoms with Gasteiger partial charge < -0.3 is 9.30 Å². The molecule has 2 aromatic rings. The van der Waals surface area contributed by atoms with Crippen molar-refractivity contribution in [3.05, 3.63) is 59.7 Å². The van der Waals surface area contributed by atoms with Crippen molar-refractivity contribution in [1.29, 1.82) is 0 Å². The highest BCUT2D eigenvalue weighted by atomic mass is 16.5. The monoisotopic (exact) mass is 270 g/mol. The van der Waals surface area contributed by atoms with E-state index in [1.807, 2.05) is 25.1 Å². The summed E-state index contributed by atoms with van der Waals surface area (Å²) in [5, 5.41) is 0. The standard InChI is InChI=1S/C16H18N2O2/c1-3-20-16(19)10-9-15-13(2)18(12-17-15)11-14-7-5-4-6-8-14/h4-10,12H,3,11H2,1-2H3. The van der Waals surface area contributed by atoms with Gasteiger partial charge in [0.05, 0.1) is 18.6 Å². The molecule has 4 heteroatoms.